The fourth-order valence-electron chi connectivity index (χ4n) is 2.22. The number of phenolic OH excluding ortho intramolecular Hbond substituents is 1. The van der Waals surface area contributed by atoms with Gasteiger partial charge in [-0.05, 0) is 44.4 Å². The first-order valence-electron chi connectivity index (χ1n) is 6.99. The summed E-state index contributed by atoms with van der Waals surface area (Å²) in [6.45, 7) is 0.319. The first-order chi connectivity index (χ1) is 10.9. The van der Waals surface area contributed by atoms with Gasteiger partial charge in [-0.15, -0.1) is 0 Å². The summed E-state index contributed by atoms with van der Waals surface area (Å²) in [6.07, 6.45) is 1.57. The lowest BCUT2D eigenvalue weighted by molar-refractivity contribution is 0.299. The molecule has 0 fully saturated rings. The van der Waals surface area contributed by atoms with Crippen molar-refractivity contribution < 1.29 is 9.50 Å². The molecule has 23 heavy (non-hydrogen) atoms. The van der Waals surface area contributed by atoms with Gasteiger partial charge in [0.05, 0.1) is 12.6 Å². The number of nitrogens with zero attached hydrogens (tertiary/aromatic N) is 2. The van der Waals surface area contributed by atoms with Gasteiger partial charge in [0.15, 0.2) is 0 Å². The maximum absolute atomic E-state index is 14.1. The van der Waals surface area contributed by atoms with Crippen LogP contribution in [0.4, 0.5) is 4.39 Å². The van der Waals surface area contributed by atoms with Gasteiger partial charge in [0, 0.05) is 26.8 Å². The van der Waals surface area contributed by atoms with Crippen LogP contribution in [-0.4, -0.2) is 36.9 Å². The van der Waals surface area contributed by atoms with Crippen molar-refractivity contribution in [1.82, 2.24) is 4.90 Å². The lowest BCUT2D eigenvalue weighted by Crippen LogP contribution is -2.24. The summed E-state index contributed by atoms with van der Waals surface area (Å²) < 4.78 is 15.0. The van der Waals surface area contributed by atoms with Crippen LogP contribution < -0.4 is 0 Å². The molecule has 0 radical (unpaired) electrons. The molecule has 3 nitrogen and oxygen atoms in total. The fraction of sp³-hybridized carbons (Fsp3) is 0.235. The summed E-state index contributed by atoms with van der Waals surface area (Å²) in [5, 5.41) is 10.2. The molecule has 0 amide bonds. The number of benzene rings is 2. The molecule has 0 saturated heterocycles. The zero-order valence-corrected chi connectivity index (χ0v) is 15.1. The normalized spacial score (nSPS) is 13.0. The SMILES string of the molecule is CN(C)[C@@H](CN=Cc1cc(Br)ccc1O)c1c(F)cccc1Cl. The Morgan fingerprint density at radius 1 is 1.35 bits per heavy atom. The Hall–Kier alpha value is -1.43. The van der Waals surface area contributed by atoms with Crippen LogP contribution in [0.2, 0.25) is 5.02 Å². The van der Waals surface area contributed by atoms with Gasteiger partial charge in [0.1, 0.15) is 11.6 Å². The number of hydrogen-bond acceptors (Lipinski definition) is 3. The highest BCUT2D eigenvalue weighted by Crippen LogP contribution is 2.29. The molecule has 6 heteroatoms. The topological polar surface area (TPSA) is 35.8 Å². The van der Waals surface area contributed by atoms with Crippen LogP contribution in [-0.2, 0) is 0 Å². The van der Waals surface area contributed by atoms with E-state index in [2.05, 4.69) is 20.9 Å². The molecule has 122 valence electrons. The van der Waals surface area contributed by atoms with Crippen LogP contribution >= 0.6 is 27.5 Å². The molecule has 0 aliphatic rings. The second-order valence-corrected chi connectivity index (χ2v) is 6.64. The van der Waals surface area contributed by atoms with Gasteiger partial charge in [-0.3, -0.25) is 4.99 Å². The van der Waals surface area contributed by atoms with E-state index in [0.29, 0.717) is 22.7 Å². The molecule has 0 unspecified atom stereocenters. The molecular weight excluding hydrogens is 383 g/mol. The average molecular weight is 400 g/mol. The van der Waals surface area contributed by atoms with E-state index in [0.717, 1.165) is 4.47 Å². The highest BCUT2D eigenvalue weighted by Gasteiger charge is 2.20. The highest BCUT2D eigenvalue weighted by atomic mass is 79.9. The smallest absolute Gasteiger partial charge is 0.129 e. The number of hydrogen-bond donors (Lipinski definition) is 1. The van der Waals surface area contributed by atoms with Crippen molar-refractivity contribution in [3.05, 3.63) is 62.8 Å². The minimum absolute atomic E-state index is 0.141. The Morgan fingerprint density at radius 2 is 2.09 bits per heavy atom. The van der Waals surface area contributed by atoms with Crippen LogP contribution in [0.5, 0.6) is 5.75 Å². The zero-order chi connectivity index (χ0) is 17.0. The molecule has 0 aliphatic carbocycles. The molecule has 0 saturated carbocycles. The van der Waals surface area contributed by atoms with Crippen molar-refractivity contribution in [3.63, 3.8) is 0 Å². The minimum atomic E-state index is -0.350. The Kier molecular flexibility index (Phi) is 6.16. The van der Waals surface area contributed by atoms with Gasteiger partial charge >= 0.3 is 0 Å². The Bertz CT molecular complexity index is 701. The van der Waals surface area contributed by atoms with Crippen molar-refractivity contribution in [2.75, 3.05) is 20.6 Å². The Labute approximate surface area is 148 Å². The number of aliphatic imine (C=N–C) groups is 1. The van der Waals surface area contributed by atoms with Crippen LogP contribution in [0, 0.1) is 5.82 Å². The summed E-state index contributed by atoms with van der Waals surface area (Å²) in [6, 6.07) is 9.43. The third-order valence-electron chi connectivity index (χ3n) is 3.45. The lowest BCUT2D eigenvalue weighted by Gasteiger charge is -2.24. The quantitative estimate of drug-likeness (QED) is 0.742. The predicted octanol–water partition coefficient (Wildman–Crippen LogP) is 4.67. The van der Waals surface area contributed by atoms with Gasteiger partial charge in [-0.2, -0.15) is 0 Å². The van der Waals surface area contributed by atoms with E-state index in [1.165, 1.54) is 6.07 Å². The van der Waals surface area contributed by atoms with E-state index in [-0.39, 0.29) is 17.6 Å². The molecule has 0 heterocycles. The largest absolute Gasteiger partial charge is 0.507 e. The van der Waals surface area contributed by atoms with E-state index < -0.39 is 0 Å². The van der Waals surface area contributed by atoms with Crippen molar-refractivity contribution in [3.8, 4) is 5.75 Å². The van der Waals surface area contributed by atoms with E-state index >= 15 is 0 Å². The Balaban J connectivity index is 2.24. The minimum Gasteiger partial charge on any atom is -0.507 e. The standard InChI is InChI=1S/C17H17BrClFN2O/c1-22(2)15(17-13(19)4-3-5-14(17)20)10-21-9-11-8-12(18)6-7-16(11)23/h3-9,15,23H,10H2,1-2H3/t15-/m0/s1. The van der Waals surface area contributed by atoms with E-state index in [1.807, 2.05) is 19.0 Å². The fourth-order valence-corrected chi connectivity index (χ4v) is 2.89. The lowest BCUT2D eigenvalue weighted by atomic mass is 10.1. The van der Waals surface area contributed by atoms with E-state index in [9.17, 15) is 9.50 Å². The average Bonchev–Trinajstić information content (AvgIpc) is 2.48. The van der Waals surface area contributed by atoms with Crippen LogP contribution in [0.25, 0.3) is 0 Å². The third kappa shape index (κ3) is 4.53. The molecule has 2 aromatic rings. The van der Waals surface area contributed by atoms with Crippen molar-refractivity contribution in [2.45, 2.75) is 6.04 Å². The molecule has 1 atom stereocenters. The summed E-state index contributed by atoms with van der Waals surface area (Å²) in [7, 11) is 3.69. The number of likely N-dealkylation sites (N-methyl/N-ethyl adjacent to an activating group) is 1. The van der Waals surface area contributed by atoms with Gasteiger partial charge in [-0.25, -0.2) is 4.39 Å². The number of aromatic hydroxyl groups is 1. The van der Waals surface area contributed by atoms with Gasteiger partial charge in [0.25, 0.3) is 0 Å². The first-order valence-corrected chi connectivity index (χ1v) is 8.16. The molecule has 0 bridgehead atoms. The monoisotopic (exact) mass is 398 g/mol. The summed E-state index contributed by atoms with van der Waals surface area (Å²) >= 11 is 9.49. The molecular formula is C17H17BrClFN2O. The predicted molar refractivity (Wildman–Crippen MR) is 96.1 cm³/mol. The molecule has 2 rings (SSSR count). The Morgan fingerprint density at radius 3 is 2.74 bits per heavy atom. The van der Waals surface area contributed by atoms with Crippen molar-refractivity contribution in [1.29, 1.82) is 0 Å². The molecule has 2 aromatic carbocycles. The number of rotatable bonds is 5. The molecule has 0 aromatic heterocycles. The maximum atomic E-state index is 14.1. The molecule has 0 spiro atoms. The van der Waals surface area contributed by atoms with E-state index in [1.54, 1.807) is 36.5 Å². The van der Waals surface area contributed by atoms with Gasteiger partial charge < -0.3 is 10.0 Å². The van der Waals surface area contributed by atoms with Crippen LogP contribution in [0.1, 0.15) is 17.2 Å². The number of halogens is 3. The zero-order valence-electron chi connectivity index (χ0n) is 12.8. The summed E-state index contributed by atoms with van der Waals surface area (Å²) in [5.74, 6) is -0.209. The maximum Gasteiger partial charge on any atom is 0.129 e. The van der Waals surface area contributed by atoms with Crippen molar-refractivity contribution in [2.24, 2.45) is 4.99 Å². The molecule has 0 aliphatic heterocycles. The van der Waals surface area contributed by atoms with Crippen molar-refractivity contribution >= 4 is 33.7 Å². The van der Waals surface area contributed by atoms with E-state index in [4.69, 9.17) is 11.6 Å². The molecule has 1 N–H and O–H groups in total. The second kappa shape index (κ2) is 7.90. The highest BCUT2D eigenvalue weighted by molar-refractivity contribution is 9.10. The van der Waals surface area contributed by atoms with Crippen LogP contribution in [0.3, 0.4) is 0 Å². The van der Waals surface area contributed by atoms with Gasteiger partial charge in [-0.1, -0.05) is 33.6 Å². The summed E-state index contributed by atoms with van der Waals surface area (Å²) in [5.41, 5.74) is 1.02. The summed E-state index contributed by atoms with van der Waals surface area (Å²) in [4.78, 5) is 6.21. The van der Waals surface area contributed by atoms with Crippen LogP contribution in [0.15, 0.2) is 45.9 Å². The third-order valence-corrected chi connectivity index (χ3v) is 4.28. The first kappa shape index (κ1) is 17.9. The number of phenols is 1. The van der Waals surface area contributed by atoms with Gasteiger partial charge in [0.2, 0.25) is 0 Å². The second-order valence-electron chi connectivity index (χ2n) is 5.31.